The van der Waals surface area contributed by atoms with Crippen LogP contribution in [0.25, 0.3) is 0 Å². The first-order valence-corrected chi connectivity index (χ1v) is 21.8. The summed E-state index contributed by atoms with van der Waals surface area (Å²) in [5.74, 6) is -12.4. The van der Waals surface area contributed by atoms with Crippen molar-refractivity contribution in [1.29, 1.82) is 0 Å². The highest BCUT2D eigenvalue weighted by Gasteiger charge is 2.36. The van der Waals surface area contributed by atoms with E-state index >= 15 is 0 Å². The maximum atomic E-state index is 13.5. The standard InChI is InChI=1S/C40H64N12O15S/c1-5-18(2)30(37(64)52-31(20(4)54)38(65)49-26(16-53)39(66)67)51-36(63)27(17-68)50-35(62)25(14-29(57)58)48-32(59)19(3)46-34(61)24(7-6-12-44-40(42)43)47-28(56)15-45-33(60)23(41)13-21-8-10-22(55)11-9-21/h8-11,18-20,23-27,30-31,53-55,68H,5-7,12-17,41H2,1-4H3,(H,45,60)(H,46,61)(H,47,56)(H,48,59)(H,49,65)(H,50,62)(H,51,63)(H,52,64)(H,57,58)(H,66,67)(H4,42,43,44)/t18-,19-,20+,23-,24-,25-,26-,27-,30-,31-/m0/s1. The monoisotopic (exact) mass is 984 g/mol. The Balaban J connectivity index is 3.11. The molecule has 1 aromatic rings. The number of nitrogens with one attached hydrogen (secondary N) is 8. The van der Waals surface area contributed by atoms with E-state index in [0.29, 0.717) is 5.56 Å². The van der Waals surface area contributed by atoms with Crippen molar-refractivity contribution in [3.8, 4) is 5.75 Å². The minimum Gasteiger partial charge on any atom is -0.508 e. The highest BCUT2D eigenvalue weighted by Crippen LogP contribution is 2.12. The number of amides is 8. The number of carboxylic acid groups (broad SMARTS) is 2. The molecule has 0 aliphatic heterocycles. The molecule has 1 rings (SSSR count). The first kappa shape index (κ1) is 59.2. The highest BCUT2D eigenvalue weighted by molar-refractivity contribution is 7.80. The van der Waals surface area contributed by atoms with E-state index < -0.39 is 145 Å². The minimum atomic E-state index is -1.86. The van der Waals surface area contributed by atoms with E-state index in [2.05, 4.69) is 54.8 Å². The maximum Gasteiger partial charge on any atom is 0.328 e. The molecule has 0 saturated carbocycles. The first-order valence-electron chi connectivity index (χ1n) is 21.2. The van der Waals surface area contributed by atoms with Crippen molar-refractivity contribution < 1.29 is 73.5 Å². The van der Waals surface area contributed by atoms with Crippen LogP contribution in [-0.4, -0.2) is 171 Å². The fourth-order valence-electron chi connectivity index (χ4n) is 5.87. The van der Waals surface area contributed by atoms with Gasteiger partial charge in [0.15, 0.2) is 5.96 Å². The number of benzene rings is 1. The van der Waals surface area contributed by atoms with Crippen molar-refractivity contribution in [2.24, 2.45) is 28.1 Å². The summed E-state index contributed by atoms with van der Waals surface area (Å²) >= 11 is 4.10. The number of hydrogen-bond donors (Lipinski definition) is 17. The number of phenolic OH excluding ortho intramolecular Hbond substituents is 1. The van der Waals surface area contributed by atoms with Gasteiger partial charge in [0.1, 0.15) is 48.0 Å². The minimum absolute atomic E-state index is 0.0151. The third-order valence-electron chi connectivity index (χ3n) is 9.98. The summed E-state index contributed by atoms with van der Waals surface area (Å²) in [4.78, 5) is 132. The number of aliphatic hydroxyl groups is 2. The van der Waals surface area contributed by atoms with Crippen LogP contribution in [0.3, 0.4) is 0 Å². The average Bonchev–Trinajstić information content (AvgIpc) is 3.27. The van der Waals surface area contributed by atoms with Crippen LogP contribution in [-0.2, 0) is 54.4 Å². The quantitative estimate of drug-likeness (QED) is 0.0148. The van der Waals surface area contributed by atoms with E-state index in [-0.39, 0.29) is 43.9 Å². The topological polar surface area (TPSA) is 459 Å². The van der Waals surface area contributed by atoms with Crippen molar-refractivity contribution >= 4 is 77.8 Å². The molecule has 0 aliphatic rings. The number of nitrogens with two attached hydrogens (primary N) is 3. The fourth-order valence-corrected chi connectivity index (χ4v) is 6.13. The van der Waals surface area contributed by atoms with Crippen LogP contribution in [0.1, 0.15) is 58.9 Å². The molecule has 0 bridgehead atoms. The molecule has 0 radical (unpaired) electrons. The van der Waals surface area contributed by atoms with E-state index in [1.807, 2.05) is 5.32 Å². The summed E-state index contributed by atoms with van der Waals surface area (Å²) in [6.07, 6.45) is -2.21. The van der Waals surface area contributed by atoms with Crippen LogP contribution >= 0.6 is 12.6 Å². The molecular formula is C40H64N12O15S. The molecule has 0 aliphatic carbocycles. The predicted molar refractivity (Wildman–Crippen MR) is 244 cm³/mol. The molecule has 0 heterocycles. The Morgan fingerprint density at radius 1 is 0.706 bits per heavy atom. The SMILES string of the molecule is CC[C@H](C)[C@H](NC(=O)[C@H](CS)NC(=O)[C@H](CC(=O)O)NC(=O)[C@H](C)NC(=O)[C@H](CCCN=C(N)N)NC(=O)CNC(=O)[C@@H](N)Cc1ccc(O)cc1)C(=O)N[C@H](C(=O)N[C@@H](CO)C(=O)O)[C@@H](C)O. The largest absolute Gasteiger partial charge is 0.508 e. The molecule has 27 nitrogen and oxygen atoms in total. The van der Waals surface area contributed by atoms with Crippen molar-refractivity contribution in [2.45, 2.75) is 114 Å². The predicted octanol–water partition coefficient (Wildman–Crippen LogP) is -6.25. The van der Waals surface area contributed by atoms with Gasteiger partial charge >= 0.3 is 11.9 Å². The van der Waals surface area contributed by atoms with E-state index in [9.17, 15) is 73.5 Å². The number of carboxylic acids is 2. The van der Waals surface area contributed by atoms with E-state index in [0.717, 1.165) is 6.92 Å². The number of rotatable bonds is 30. The summed E-state index contributed by atoms with van der Waals surface area (Å²) in [6.45, 7) is 3.93. The van der Waals surface area contributed by atoms with Gasteiger partial charge in [-0.1, -0.05) is 32.4 Å². The molecule has 19 N–H and O–H groups in total. The smallest absolute Gasteiger partial charge is 0.328 e. The average molecular weight is 985 g/mol. The lowest BCUT2D eigenvalue weighted by molar-refractivity contribution is -0.144. The molecule has 0 aromatic heterocycles. The molecule has 380 valence electrons. The number of guanidine groups is 1. The third kappa shape index (κ3) is 21.2. The van der Waals surface area contributed by atoms with Crippen molar-refractivity contribution in [2.75, 3.05) is 25.4 Å². The number of aliphatic hydroxyl groups excluding tert-OH is 2. The zero-order valence-electron chi connectivity index (χ0n) is 37.9. The summed E-state index contributed by atoms with van der Waals surface area (Å²) in [5.41, 5.74) is 17.3. The fraction of sp³-hybridized carbons (Fsp3) is 0.575. The first-order chi connectivity index (χ1) is 31.8. The zero-order valence-corrected chi connectivity index (χ0v) is 38.8. The van der Waals surface area contributed by atoms with Gasteiger partial charge in [0.25, 0.3) is 0 Å². The molecule has 0 fully saturated rings. The van der Waals surface area contributed by atoms with Crippen molar-refractivity contribution in [3.05, 3.63) is 29.8 Å². The lowest BCUT2D eigenvalue weighted by atomic mass is 9.97. The second-order valence-corrected chi connectivity index (χ2v) is 15.9. The Hall–Kier alpha value is -6.78. The summed E-state index contributed by atoms with van der Waals surface area (Å²) in [6, 6.07) is -6.32. The number of aliphatic carboxylic acids is 2. The molecule has 0 saturated heterocycles. The van der Waals surface area contributed by atoms with Gasteiger partial charge in [-0.15, -0.1) is 0 Å². The van der Waals surface area contributed by atoms with Gasteiger partial charge in [-0.05, 0) is 56.7 Å². The highest BCUT2D eigenvalue weighted by atomic mass is 32.1. The van der Waals surface area contributed by atoms with Gasteiger partial charge in [-0.25, -0.2) is 4.79 Å². The Labute approximate surface area is 396 Å². The van der Waals surface area contributed by atoms with Crippen LogP contribution in [0.5, 0.6) is 5.75 Å². The normalized spacial score (nSPS) is 15.3. The Morgan fingerprint density at radius 2 is 1.25 bits per heavy atom. The van der Waals surface area contributed by atoms with E-state index in [1.54, 1.807) is 26.0 Å². The van der Waals surface area contributed by atoms with Crippen molar-refractivity contribution in [1.82, 2.24) is 42.5 Å². The number of phenols is 1. The van der Waals surface area contributed by atoms with Crippen LogP contribution in [0.15, 0.2) is 29.3 Å². The molecule has 68 heavy (non-hydrogen) atoms. The van der Waals surface area contributed by atoms with Crippen LogP contribution < -0.4 is 59.7 Å². The number of carbonyl (C=O) groups excluding carboxylic acids is 8. The van der Waals surface area contributed by atoms with E-state index in [4.69, 9.17) is 17.2 Å². The summed E-state index contributed by atoms with van der Waals surface area (Å²) in [7, 11) is 0. The number of nitrogens with zero attached hydrogens (tertiary/aromatic N) is 1. The number of aliphatic imine (C=N–C) groups is 1. The number of hydrogen-bond acceptors (Lipinski definition) is 16. The van der Waals surface area contributed by atoms with Crippen LogP contribution in [0.2, 0.25) is 0 Å². The summed E-state index contributed by atoms with van der Waals surface area (Å²) in [5, 5.41) is 66.0. The lowest BCUT2D eigenvalue weighted by Gasteiger charge is -2.29. The molecule has 10 atom stereocenters. The maximum absolute atomic E-state index is 13.5. The Bertz CT molecular complexity index is 1950. The van der Waals surface area contributed by atoms with Crippen LogP contribution in [0, 0.1) is 5.92 Å². The number of aromatic hydroxyl groups is 1. The van der Waals surface area contributed by atoms with Gasteiger partial charge < -0.3 is 85.3 Å². The zero-order chi connectivity index (χ0) is 51.8. The van der Waals surface area contributed by atoms with Gasteiger partial charge in [0, 0.05) is 12.3 Å². The van der Waals surface area contributed by atoms with Crippen molar-refractivity contribution in [3.63, 3.8) is 0 Å². The number of carbonyl (C=O) groups is 10. The lowest BCUT2D eigenvalue weighted by Crippen LogP contribution is -2.62. The molecule has 1 aromatic carbocycles. The molecule has 8 amide bonds. The second kappa shape index (κ2) is 29.8. The second-order valence-electron chi connectivity index (χ2n) is 15.6. The van der Waals surface area contributed by atoms with Gasteiger partial charge in [-0.2, -0.15) is 12.6 Å². The molecule has 0 spiro atoms. The van der Waals surface area contributed by atoms with Gasteiger partial charge in [0.05, 0.1) is 31.7 Å². The third-order valence-corrected chi connectivity index (χ3v) is 10.3. The molecule has 0 unspecified atom stereocenters. The molecule has 28 heteroatoms. The summed E-state index contributed by atoms with van der Waals surface area (Å²) < 4.78 is 0. The number of thiol groups is 1. The van der Waals surface area contributed by atoms with E-state index in [1.165, 1.54) is 19.1 Å². The Morgan fingerprint density at radius 3 is 1.78 bits per heavy atom. The Kier molecular flexibility index (Phi) is 25.9. The molecular weight excluding hydrogens is 921 g/mol. The van der Waals surface area contributed by atoms with Gasteiger partial charge in [-0.3, -0.25) is 48.1 Å². The van der Waals surface area contributed by atoms with Gasteiger partial charge in [0.2, 0.25) is 47.3 Å². The van der Waals surface area contributed by atoms with Crippen LogP contribution in [0.4, 0.5) is 0 Å².